The van der Waals surface area contributed by atoms with Crippen molar-refractivity contribution in [3.05, 3.63) is 59.2 Å². The van der Waals surface area contributed by atoms with E-state index in [4.69, 9.17) is 14.2 Å². The molecule has 154 valence electrons. The van der Waals surface area contributed by atoms with Crippen molar-refractivity contribution in [2.75, 3.05) is 21.3 Å². The third-order valence-corrected chi connectivity index (χ3v) is 5.46. The van der Waals surface area contributed by atoms with Gasteiger partial charge in [0, 0.05) is 17.5 Å². The van der Waals surface area contributed by atoms with Crippen LogP contribution in [0.2, 0.25) is 0 Å². The number of carbonyl (C=O) groups is 2. The van der Waals surface area contributed by atoms with Gasteiger partial charge < -0.3 is 19.5 Å². The molecule has 1 aliphatic rings. The van der Waals surface area contributed by atoms with Gasteiger partial charge in [-0.2, -0.15) is 0 Å². The van der Waals surface area contributed by atoms with Gasteiger partial charge in [-0.15, -0.1) is 0 Å². The fraction of sp³-hybridized carbons (Fsp3) is 0.391. The summed E-state index contributed by atoms with van der Waals surface area (Å²) in [6.07, 6.45) is 4.07. The highest BCUT2D eigenvalue weighted by Gasteiger charge is 2.29. The number of hydrogen-bond donors (Lipinski definition) is 1. The first-order chi connectivity index (χ1) is 14.1. The highest BCUT2D eigenvalue weighted by atomic mass is 16.5. The van der Waals surface area contributed by atoms with E-state index in [-0.39, 0.29) is 17.9 Å². The van der Waals surface area contributed by atoms with Crippen LogP contribution in [0.15, 0.2) is 42.5 Å². The summed E-state index contributed by atoms with van der Waals surface area (Å²) in [5.41, 5.74) is 1.93. The second-order valence-electron chi connectivity index (χ2n) is 7.16. The Morgan fingerprint density at radius 2 is 1.62 bits per heavy atom. The van der Waals surface area contributed by atoms with E-state index in [2.05, 4.69) is 5.32 Å². The van der Waals surface area contributed by atoms with Crippen molar-refractivity contribution in [2.45, 2.75) is 37.6 Å². The van der Waals surface area contributed by atoms with Crippen molar-refractivity contribution in [1.82, 2.24) is 5.32 Å². The molecule has 0 aliphatic heterocycles. The van der Waals surface area contributed by atoms with Crippen molar-refractivity contribution in [2.24, 2.45) is 0 Å². The Morgan fingerprint density at radius 1 is 0.897 bits per heavy atom. The first kappa shape index (κ1) is 20.7. The molecule has 1 saturated carbocycles. The highest BCUT2D eigenvalue weighted by Crippen LogP contribution is 2.37. The minimum atomic E-state index is -0.458. The first-order valence-corrected chi connectivity index (χ1v) is 9.78. The average Bonchev–Trinajstić information content (AvgIpc) is 2.78. The van der Waals surface area contributed by atoms with Crippen molar-refractivity contribution < 1.29 is 23.8 Å². The van der Waals surface area contributed by atoms with Crippen LogP contribution in [-0.2, 0) is 4.74 Å². The molecule has 0 heterocycles. The van der Waals surface area contributed by atoms with Crippen molar-refractivity contribution in [3.63, 3.8) is 0 Å². The molecule has 0 unspecified atom stereocenters. The maximum atomic E-state index is 12.9. The maximum absolute atomic E-state index is 12.9. The van der Waals surface area contributed by atoms with Gasteiger partial charge in [-0.1, -0.05) is 25.0 Å². The molecule has 0 radical (unpaired) electrons. The molecule has 3 rings (SSSR count). The lowest BCUT2D eigenvalue weighted by Crippen LogP contribution is -2.41. The second kappa shape index (κ2) is 9.45. The zero-order valence-corrected chi connectivity index (χ0v) is 17.1. The number of benzene rings is 2. The summed E-state index contributed by atoms with van der Waals surface area (Å²) in [7, 11) is 4.56. The summed E-state index contributed by atoms with van der Waals surface area (Å²) in [5, 5.41) is 3.17. The molecule has 2 aromatic rings. The summed E-state index contributed by atoms with van der Waals surface area (Å²) < 4.78 is 15.5. The van der Waals surface area contributed by atoms with E-state index in [0.717, 1.165) is 31.2 Å². The van der Waals surface area contributed by atoms with Crippen LogP contribution in [0.5, 0.6) is 11.5 Å². The molecule has 6 heteroatoms. The summed E-state index contributed by atoms with van der Waals surface area (Å²) in [6.45, 7) is 0. The van der Waals surface area contributed by atoms with E-state index in [0.29, 0.717) is 22.6 Å². The third kappa shape index (κ3) is 4.70. The molecular formula is C23H27NO5. The normalized spacial score (nSPS) is 18.6. The van der Waals surface area contributed by atoms with Crippen LogP contribution in [0.4, 0.5) is 0 Å². The van der Waals surface area contributed by atoms with Gasteiger partial charge in [-0.05, 0) is 48.7 Å². The number of carbonyl (C=O) groups excluding carboxylic acids is 2. The van der Waals surface area contributed by atoms with Crippen LogP contribution >= 0.6 is 0 Å². The van der Waals surface area contributed by atoms with Crippen LogP contribution in [0, 0.1) is 0 Å². The van der Waals surface area contributed by atoms with Crippen LogP contribution in [0.25, 0.3) is 0 Å². The standard InChI is InChI=1S/C23H27NO5/c1-27-20-12-11-15(14-21(20)28-2)18-9-4-5-10-19(18)24-22(25)16-7-6-8-17(13-16)23(26)29-3/h6-8,11-14,18-19H,4-5,9-10H2,1-3H3,(H,24,25)/t18-,19-/m1/s1. The molecule has 6 nitrogen and oxygen atoms in total. The molecule has 29 heavy (non-hydrogen) atoms. The Balaban J connectivity index is 1.80. The summed E-state index contributed by atoms with van der Waals surface area (Å²) in [4.78, 5) is 24.6. The Bertz CT molecular complexity index is 879. The van der Waals surface area contributed by atoms with E-state index in [9.17, 15) is 9.59 Å². The monoisotopic (exact) mass is 397 g/mol. The molecule has 1 fully saturated rings. The highest BCUT2D eigenvalue weighted by molar-refractivity contribution is 5.98. The summed E-state index contributed by atoms with van der Waals surface area (Å²) in [5.74, 6) is 0.920. The lowest BCUT2D eigenvalue weighted by molar-refractivity contribution is 0.0600. The van der Waals surface area contributed by atoms with Gasteiger partial charge >= 0.3 is 5.97 Å². The first-order valence-electron chi connectivity index (χ1n) is 9.78. The fourth-order valence-corrected chi connectivity index (χ4v) is 3.94. The third-order valence-electron chi connectivity index (χ3n) is 5.46. The number of methoxy groups -OCH3 is 3. The van der Waals surface area contributed by atoms with E-state index in [1.54, 1.807) is 38.5 Å². The number of ether oxygens (including phenoxy) is 3. The van der Waals surface area contributed by atoms with Gasteiger partial charge in [0.2, 0.25) is 0 Å². The van der Waals surface area contributed by atoms with E-state index in [1.165, 1.54) is 7.11 Å². The SMILES string of the molecule is COC(=O)c1cccc(C(=O)N[C@@H]2CCCC[C@@H]2c2ccc(OC)c(OC)c2)c1. The largest absolute Gasteiger partial charge is 0.493 e. The van der Waals surface area contributed by atoms with Gasteiger partial charge in [0.15, 0.2) is 11.5 Å². The quantitative estimate of drug-likeness (QED) is 0.747. The second-order valence-corrected chi connectivity index (χ2v) is 7.16. The van der Waals surface area contributed by atoms with Gasteiger partial charge in [-0.25, -0.2) is 4.79 Å². The van der Waals surface area contributed by atoms with Gasteiger partial charge in [0.25, 0.3) is 5.91 Å². The van der Waals surface area contributed by atoms with E-state index in [1.807, 2.05) is 18.2 Å². The molecule has 0 bridgehead atoms. The lowest BCUT2D eigenvalue weighted by atomic mass is 9.79. The van der Waals surface area contributed by atoms with Crippen molar-refractivity contribution in [3.8, 4) is 11.5 Å². The Morgan fingerprint density at radius 3 is 2.34 bits per heavy atom. The van der Waals surface area contributed by atoms with Crippen LogP contribution in [0.1, 0.15) is 57.9 Å². The zero-order chi connectivity index (χ0) is 20.8. The minimum absolute atomic E-state index is 0.0103. The summed E-state index contributed by atoms with van der Waals surface area (Å²) in [6, 6.07) is 12.5. The van der Waals surface area contributed by atoms with Crippen molar-refractivity contribution >= 4 is 11.9 Å². The summed E-state index contributed by atoms with van der Waals surface area (Å²) >= 11 is 0. The number of amides is 1. The topological polar surface area (TPSA) is 73.9 Å². The van der Waals surface area contributed by atoms with Gasteiger partial charge in [0.05, 0.1) is 26.9 Å². The minimum Gasteiger partial charge on any atom is -0.493 e. The molecule has 0 saturated heterocycles. The molecule has 2 aromatic carbocycles. The van der Waals surface area contributed by atoms with Crippen LogP contribution < -0.4 is 14.8 Å². The molecular weight excluding hydrogens is 370 g/mol. The zero-order valence-electron chi connectivity index (χ0n) is 17.1. The predicted octanol–water partition coefficient (Wildman–Crippen LogP) is 3.95. The van der Waals surface area contributed by atoms with Gasteiger partial charge in [-0.3, -0.25) is 4.79 Å². The average molecular weight is 397 g/mol. The number of nitrogens with one attached hydrogen (secondary N) is 1. The van der Waals surface area contributed by atoms with Crippen LogP contribution in [0.3, 0.4) is 0 Å². The number of hydrogen-bond acceptors (Lipinski definition) is 5. The molecule has 2 atom stereocenters. The fourth-order valence-electron chi connectivity index (χ4n) is 3.94. The molecule has 1 aliphatic carbocycles. The molecule has 0 aromatic heterocycles. The molecule has 1 amide bonds. The predicted molar refractivity (Wildman–Crippen MR) is 110 cm³/mol. The molecule has 1 N–H and O–H groups in total. The Kier molecular flexibility index (Phi) is 6.75. The van der Waals surface area contributed by atoms with Crippen LogP contribution in [-0.4, -0.2) is 39.2 Å². The number of rotatable bonds is 6. The van der Waals surface area contributed by atoms with Gasteiger partial charge in [0.1, 0.15) is 0 Å². The Labute approximate surface area is 171 Å². The Hall–Kier alpha value is -3.02. The van der Waals surface area contributed by atoms with E-state index >= 15 is 0 Å². The van der Waals surface area contributed by atoms with Crippen molar-refractivity contribution in [1.29, 1.82) is 0 Å². The maximum Gasteiger partial charge on any atom is 0.337 e. The smallest absolute Gasteiger partial charge is 0.337 e. The number of esters is 1. The lowest BCUT2D eigenvalue weighted by Gasteiger charge is -2.33. The van der Waals surface area contributed by atoms with E-state index < -0.39 is 5.97 Å². The molecule has 0 spiro atoms.